The third kappa shape index (κ3) is 3.18. The van der Waals surface area contributed by atoms with E-state index in [4.69, 9.17) is 9.52 Å². The molecule has 0 amide bonds. The van der Waals surface area contributed by atoms with Crippen molar-refractivity contribution in [1.29, 1.82) is 0 Å². The number of hydrogen-bond acceptors (Lipinski definition) is 5. The van der Waals surface area contributed by atoms with Gasteiger partial charge < -0.3 is 14.8 Å². The Labute approximate surface area is 108 Å². The maximum atomic E-state index is 10.6. The lowest BCUT2D eigenvalue weighted by Gasteiger charge is -1.98. The van der Waals surface area contributed by atoms with E-state index in [0.29, 0.717) is 18.8 Å². The van der Waals surface area contributed by atoms with Crippen LogP contribution in [0.4, 0.5) is 0 Å². The number of rotatable bonds is 6. The highest BCUT2D eigenvalue weighted by atomic mass is 32.1. The second-order valence-corrected chi connectivity index (χ2v) is 4.95. The van der Waals surface area contributed by atoms with E-state index in [2.05, 4.69) is 17.2 Å². The first-order chi connectivity index (χ1) is 8.69. The number of thiazole rings is 1. The first kappa shape index (κ1) is 12.8. The fraction of sp³-hybridized carbons (Fsp3) is 0.333. The third-order valence-electron chi connectivity index (χ3n) is 2.40. The van der Waals surface area contributed by atoms with Crippen molar-refractivity contribution in [3.05, 3.63) is 39.7 Å². The summed E-state index contributed by atoms with van der Waals surface area (Å²) in [4.78, 5) is 16.2. The van der Waals surface area contributed by atoms with Gasteiger partial charge in [0.1, 0.15) is 10.8 Å². The van der Waals surface area contributed by atoms with Gasteiger partial charge in [0.2, 0.25) is 5.76 Å². The van der Waals surface area contributed by atoms with Crippen LogP contribution in [0.1, 0.15) is 33.1 Å². The second-order valence-electron chi connectivity index (χ2n) is 3.75. The van der Waals surface area contributed by atoms with Crippen LogP contribution in [0.25, 0.3) is 0 Å². The normalized spacial score (nSPS) is 10.7. The number of carboxylic acids is 1. The van der Waals surface area contributed by atoms with Crippen LogP contribution >= 0.6 is 11.3 Å². The van der Waals surface area contributed by atoms with E-state index in [0.717, 1.165) is 11.4 Å². The summed E-state index contributed by atoms with van der Waals surface area (Å²) >= 11 is 1.68. The Hall–Kier alpha value is -1.66. The van der Waals surface area contributed by atoms with Crippen LogP contribution in [0, 0.1) is 0 Å². The smallest absolute Gasteiger partial charge is 0.371 e. The zero-order valence-electron chi connectivity index (χ0n) is 9.97. The van der Waals surface area contributed by atoms with Crippen molar-refractivity contribution in [2.75, 3.05) is 0 Å². The Kier molecular flexibility index (Phi) is 4.11. The predicted molar refractivity (Wildman–Crippen MR) is 67.7 cm³/mol. The van der Waals surface area contributed by atoms with Gasteiger partial charge in [-0.15, -0.1) is 11.3 Å². The van der Waals surface area contributed by atoms with Gasteiger partial charge in [-0.05, 0) is 18.6 Å². The molecule has 0 aliphatic rings. The molecule has 6 heteroatoms. The second kappa shape index (κ2) is 5.79. The summed E-state index contributed by atoms with van der Waals surface area (Å²) < 4.78 is 5.13. The number of furan rings is 1. The number of carboxylic acid groups (broad SMARTS) is 1. The molecule has 0 aliphatic heterocycles. The molecule has 0 aliphatic carbocycles. The molecule has 2 rings (SSSR count). The Balaban J connectivity index is 1.82. The Bertz CT molecular complexity index is 533. The fourth-order valence-corrected chi connectivity index (χ4v) is 2.31. The maximum absolute atomic E-state index is 10.6. The van der Waals surface area contributed by atoms with Crippen molar-refractivity contribution in [2.45, 2.75) is 26.4 Å². The average molecular weight is 266 g/mol. The van der Waals surface area contributed by atoms with Gasteiger partial charge in [-0.2, -0.15) is 0 Å². The van der Waals surface area contributed by atoms with Gasteiger partial charge >= 0.3 is 5.97 Å². The van der Waals surface area contributed by atoms with E-state index in [1.54, 1.807) is 17.4 Å². The highest BCUT2D eigenvalue weighted by Gasteiger charge is 2.08. The summed E-state index contributed by atoms with van der Waals surface area (Å²) in [5.74, 6) is -0.470. The van der Waals surface area contributed by atoms with Crippen molar-refractivity contribution in [2.24, 2.45) is 0 Å². The van der Waals surface area contributed by atoms with E-state index >= 15 is 0 Å². The minimum absolute atomic E-state index is 0.0330. The molecule has 0 bridgehead atoms. The molecule has 2 aromatic rings. The molecule has 0 spiro atoms. The lowest BCUT2D eigenvalue weighted by atomic mass is 10.4. The molecule has 0 saturated carbocycles. The molecule has 5 nitrogen and oxygen atoms in total. The van der Waals surface area contributed by atoms with Crippen molar-refractivity contribution in [3.63, 3.8) is 0 Å². The number of nitrogens with zero attached hydrogens (tertiary/aromatic N) is 1. The molecule has 0 atom stereocenters. The van der Waals surface area contributed by atoms with Gasteiger partial charge in [0.05, 0.1) is 6.54 Å². The van der Waals surface area contributed by atoms with E-state index in [1.165, 1.54) is 10.9 Å². The summed E-state index contributed by atoms with van der Waals surface area (Å²) in [6.07, 6.45) is 2.88. The number of hydrogen-bond donors (Lipinski definition) is 2. The topological polar surface area (TPSA) is 75.4 Å². The van der Waals surface area contributed by atoms with Crippen molar-refractivity contribution >= 4 is 17.3 Å². The van der Waals surface area contributed by atoms with Crippen LogP contribution in [-0.2, 0) is 19.5 Å². The summed E-state index contributed by atoms with van der Waals surface area (Å²) in [7, 11) is 0. The van der Waals surface area contributed by atoms with Crippen LogP contribution in [0.3, 0.4) is 0 Å². The van der Waals surface area contributed by atoms with E-state index in [9.17, 15) is 4.79 Å². The van der Waals surface area contributed by atoms with Gasteiger partial charge in [0.25, 0.3) is 0 Å². The SMILES string of the molecule is CCc1cnc(CNCc2ccc(C(=O)O)o2)s1. The lowest BCUT2D eigenvalue weighted by Crippen LogP contribution is -2.11. The van der Waals surface area contributed by atoms with Gasteiger partial charge in [-0.1, -0.05) is 6.92 Å². The molecular formula is C12H14N2O3S. The third-order valence-corrected chi connectivity index (χ3v) is 3.54. The highest BCUT2D eigenvalue weighted by molar-refractivity contribution is 7.11. The van der Waals surface area contributed by atoms with Crippen molar-refractivity contribution in [3.8, 4) is 0 Å². The predicted octanol–water partition coefficient (Wildman–Crippen LogP) is 2.29. The number of aryl methyl sites for hydroxylation is 1. The van der Waals surface area contributed by atoms with Gasteiger partial charge in [-0.3, -0.25) is 0 Å². The summed E-state index contributed by atoms with van der Waals surface area (Å²) in [5.41, 5.74) is 0. The van der Waals surface area contributed by atoms with Gasteiger partial charge in [0.15, 0.2) is 0 Å². The number of nitrogens with one attached hydrogen (secondary N) is 1. The largest absolute Gasteiger partial charge is 0.475 e. The van der Waals surface area contributed by atoms with Crippen LogP contribution < -0.4 is 5.32 Å². The average Bonchev–Trinajstić information content (AvgIpc) is 2.97. The first-order valence-electron chi connectivity index (χ1n) is 5.65. The van der Waals surface area contributed by atoms with Crippen LogP contribution in [0.15, 0.2) is 22.7 Å². The molecular weight excluding hydrogens is 252 g/mol. The van der Waals surface area contributed by atoms with Crippen LogP contribution in [0.2, 0.25) is 0 Å². The molecule has 0 fully saturated rings. The Morgan fingerprint density at radius 3 is 2.94 bits per heavy atom. The number of aromatic nitrogens is 1. The lowest BCUT2D eigenvalue weighted by molar-refractivity contribution is 0.0660. The van der Waals surface area contributed by atoms with Gasteiger partial charge in [-0.25, -0.2) is 9.78 Å². The number of aromatic carboxylic acids is 1. The highest BCUT2D eigenvalue weighted by Crippen LogP contribution is 2.13. The molecule has 0 aromatic carbocycles. The molecule has 2 aromatic heterocycles. The minimum Gasteiger partial charge on any atom is -0.475 e. The Morgan fingerprint density at radius 1 is 1.50 bits per heavy atom. The van der Waals surface area contributed by atoms with Crippen molar-refractivity contribution < 1.29 is 14.3 Å². The van der Waals surface area contributed by atoms with E-state index in [1.807, 2.05) is 6.20 Å². The van der Waals surface area contributed by atoms with Gasteiger partial charge in [0, 0.05) is 17.6 Å². The molecule has 0 saturated heterocycles. The maximum Gasteiger partial charge on any atom is 0.371 e. The Morgan fingerprint density at radius 2 is 2.33 bits per heavy atom. The summed E-state index contributed by atoms with van der Waals surface area (Å²) in [6, 6.07) is 3.12. The monoisotopic (exact) mass is 266 g/mol. The first-order valence-corrected chi connectivity index (χ1v) is 6.47. The number of carbonyl (C=O) groups is 1. The van der Waals surface area contributed by atoms with Crippen LogP contribution in [0.5, 0.6) is 0 Å². The minimum atomic E-state index is -1.05. The molecule has 2 heterocycles. The molecule has 2 N–H and O–H groups in total. The molecule has 18 heavy (non-hydrogen) atoms. The van der Waals surface area contributed by atoms with Crippen molar-refractivity contribution in [1.82, 2.24) is 10.3 Å². The van der Waals surface area contributed by atoms with E-state index in [-0.39, 0.29) is 5.76 Å². The zero-order chi connectivity index (χ0) is 13.0. The van der Waals surface area contributed by atoms with E-state index < -0.39 is 5.97 Å². The summed E-state index contributed by atoms with van der Waals surface area (Å²) in [5, 5.41) is 12.9. The quantitative estimate of drug-likeness (QED) is 0.839. The van der Waals surface area contributed by atoms with Crippen LogP contribution in [-0.4, -0.2) is 16.1 Å². The standard InChI is InChI=1S/C12H14N2O3S/c1-2-9-6-14-11(18-9)7-13-5-8-3-4-10(17-8)12(15)16/h3-4,6,13H,2,5,7H2,1H3,(H,15,16). The molecule has 96 valence electrons. The zero-order valence-corrected chi connectivity index (χ0v) is 10.8. The fourth-order valence-electron chi connectivity index (χ4n) is 1.47. The molecule has 0 radical (unpaired) electrons. The summed E-state index contributed by atoms with van der Waals surface area (Å²) in [6.45, 7) is 3.25. The molecule has 0 unspecified atom stereocenters.